The molecule has 0 fully saturated rings. The molecule has 0 aliphatic rings. The molecule has 2 rings (SSSR count). The van der Waals surface area contributed by atoms with Gasteiger partial charge in [0.05, 0.1) is 6.21 Å². The molecule has 1 heterocycles. The van der Waals surface area contributed by atoms with Crippen LogP contribution in [0.4, 0.5) is 0 Å². The summed E-state index contributed by atoms with van der Waals surface area (Å²) in [5.41, 5.74) is 3.17. The minimum atomic E-state index is 0.484. The number of allylic oxidation sites excluding steroid dienone is 1. The lowest BCUT2D eigenvalue weighted by Crippen LogP contribution is -1.87. The van der Waals surface area contributed by atoms with Crippen LogP contribution in [0.2, 0.25) is 0 Å². The molecular weight excluding hydrogens is 236 g/mol. The summed E-state index contributed by atoms with van der Waals surface area (Å²) in [5, 5.41) is 3.95. The molecule has 0 aliphatic carbocycles. The Hall–Kier alpha value is -2.42. The average Bonchev–Trinajstić information content (AvgIpc) is 2.46. The molecule has 3 heteroatoms. The predicted octanol–water partition coefficient (Wildman–Crippen LogP) is 3.69. The van der Waals surface area contributed by atoms with Crippen LogP contribution in [-0.4, -0.2) is 11.2 Å². The van der Waals surface area contributed by atoms with Crippen LogP contribution >= 0.6 is 0 Å². The number of nitrogens with zero attached hydrogens (tertiary/aromatic N) is 2. The first-order valence-corrected chi connectivity index (χ1v) is 6.12. The Morgan fingerprint density at radius 3 is 2.79 bits per heavy atom. The highest BCUT2D eigenvalue weighted by Crippen LogP contribution is 2.04. The molecule has 0 spiro atoms. The van der Waals surface area contributed by atoms with Crippen molar-refractivity contribution in [2.24, 2.45) is 5.16 Å². The third kappa shape index (κ3) is 4.76. The smallest absolute Gasteiger partial charge is 0.142 e. The lowest BCUT2D eigenvalue weighted by atomic mass is 10.2. The first-order valence-electron chi connectivity index (χ1n) is 6.12. The highest BCUT2D eigenvalue weighted by atomic mass is 16.6. The Morgan fingerprint density at radius 1 is 1.21 bits per heavy atom. The minimum absolute atomic E-state index is 0.484. The van der Waals surface area contributed by atoms with E-state index in [4.69, 9.17) is 4.84 Å². The van der Waals surface area contributed by atoms with Crippen LogP contribution in [0.25, 0.3) is 6.08 Å². The third-order valence-corrected chi connectivity index (χ3v) is 2.48. The van der Waals surface area contributed by atoms with Crippen molar-refractivity contribution < 1.29 is 4.84 Å². The van der Waals surface area contributed by atoms with Crippen molar-refractivity contribution in [2.75, 3.05) is 0 Å². The first kappa shape index (κ1) is 13.0. The van der Waals surface area contributed by atoms with Crippen molar-refractivity contribution in [3.05, 3.63) is 71.6 Å². The van der Waals surface area contributed by atoms with Gasteiger partial charge in [-0.1, -0.05) is 41.6 Å². The largest absolute Gasteiger partial charge is 0.391 e. The fourth-order valence-electron chi connectivity index (χ4n) is 1.57. The maximum atomic E-state index is 5.24. The van der Waals surface area contributed by atoms with E-state index in [0.717, 1.165) is 16.7 Å². The number of aromatic nitrogens is 1. The second-order valence-corrected chi connectivity index (χ2v) is 4.17. The van der Waals surface area contributed by atoms with Crippen LogP contribution in [0.5, 0.6) is 0 Å². The van der Waals surface area contributed by atoms with Crippen LogP contribution in [0.15, 0.2) is 65.6 Å². The van der Waals surface area contributed by atoms with E-state index in [0.29, 0.717) is 6.61 Å². The van der Waals surface area contributed by atoms with Gasteiger partial charge in [-0.3, -0.25) is 4.98 Å². The number of oxime groups is 1. The molecule has 0 amide bonds. The molecule has 0 saturated heterocycles. The maximum absolute atomic E-state index is 5.24. The van der Waals surface area contributed by atoms with E-state index in [-0.39, 0.29) is 0 Å². The van der Waals surface area contributed by atoms with Gasteiger partial charge in [-0.05, 0) is 35.8 Å². The second-order valence-electron chi connectivity index (χ2n) is 4.17. The highest BCUT2D eigenvalue weighted by Gasteiger charge is 1.90. The van der Waals surface area contributed by atoms with Crippen LogP contribution < -0.4 is 0 Å². The zero-order valence-corrected chi connectivity index (χ0v) is 10.9. The standard InChI is InChI=1S/C16H16N2O/c1-14(10-16-8-5-9-17-12-16)11-18-19-13-15-6-3-2-4-7-15/h2-12H,13H2,1H3/b14-10+,18-11+. The normalized spacial score (nSPS) is 11.7. The molecule has 1 aromatic heterocycles. The Bertz CT molecular complexity index is 547. The van der Waals surface area contributed by atoms with E-state index >= 15 is 0 Å². The van der Waals surface area contributed by atoms with Crippen molar-refractivity contribution in [3.8, 4) is 0 Å². The monoisotopic (exact) mass is 252 g/mol. The van der Waals surface area contributed by atoms with Crippen LogP contribution in [0.3, 0.4) is 0 Å². The summed E-state index contributed by atoms with van der Waals surface area (Å²) in [7, 11) is 0. The van der Waals surface area contributed by atoms with Gasteiger partial charge < -0.3 is 4.84 Å². The van der Waals surface area contributed by atoms with Gasteiger partial charge in [-0.15, -0.1) is 0 Å². The SMILES string of the molecule is CC(/C=N/OCc1ccccc1)=C\c1cccnc1. The van der Waals surface area contributed by atoms with Crippen LogP contribution in [0.1, 0.15) is 18.1 Å². The lowest BCUT2D eigenvalue weighted by Gasteiger charge is -1.99. The Kier molecular flexibility index (Phi) is 4.87. The van der Waals surface area contributed by atoms with E-state index in [1.807, 2.05) is 61.7 Å². The van der Waals surface area contributed by atoms with Gasteiger partial charge in [0.25, 0.3) is 0 Å². The molecule has 0 unspecified atom stereocenters. The molecule has 0 N–H and O–H groups in total. The highest BCUT2D eigenvalue weighted by molar-refractivity contribution is 5.84. The third-order valence-electron chi connectivity index (χ3n) is 2.48. The average molecular weight is 252 g/mol. The van der Waals surface area contributed by atoms with Crippen molar-refractivity contribution in [1.29, 1.82) is 0 Å². The van der Waals surface area contributed by atoms with Crippen molar-refractivity contribution in [1.82, 2.24) is 4.98 Å². The lowest BCUT2D eigenvalue weighted by molar-refractivity contribution is 0.132. The van der Waals surface area contributed by atoms with E-state index in [2.05, 4.69) is 10.1 Å². The van der Waals surface area contributed by atoms with E-state index in [1.165, 1.54) is 0 Å². The van der Waals surface area contributed by atoms with Crippen molar-refractivity contribution in [2.45, 2.75) is 13.5 Å². The molecule has 0 radical (unpaired) electrons. The fourth-order valence-corrected chi connectivity index (χ4v) is 1.57. The van der Waals surface area contributed by atoms with Gasteiger partial charge >= 0.3 is 0 Å². The molecule has 2 aromatic rings. The van der Waals surface area contributed by atoms with Crippen molar-refractivity contribution >= 4 is 12.3 Å². The van der Waals surface area contributed by atoms with Gasteiger partial charge in [0.2, 0.25) is 0 Å². The number of benzene rings is 1. The van der Waals surface area contributed by atoms with Gasteiger partial charge in [0.1, 0.15) is 6.61 Å². The zero-order chi connectivity index (χ0) is 13.3. The molecule has 0 aliphatic heterocycles. The summed E-state index contributed by atoms with van der Waals surface area (Å²) >= 11 is 0. The summed E-state index contributed by atoms with van der Waals surface area (Å²) in [6.45, 7) is 2.46. The molecular formula is C16H16N2O. The Labute approximate surface area is 113 Å². The van der Waals surface area contributed by atoms with Gasteiger partial charge in [-0.2, -0.15) is 0 Å². The maximum Gasteiger partial charge on any atom is 0.142 e. The molecule has 0 bridgehead atoms. The molecule has 0 saturated carbocycles. The Morgan fingerprint density at radius 2 is 2.05 bits per heavy atom. The van der Waals surface area contributed by atoms with E-state index in [1.54, 1.807) is 12.4 Å². The number of rotatable bonds is 5. The molecule has 19 heavy (non-hydrogen) atoms. The number of pyridine rings is 1. The second kappa shape index (κ2) is 7.11. The first-order chi connectivity index (χ1) is 9.34. The van der Waals surface area contributed by atoms with Gasteiger partial charge in [0.15, 0.2) is 0 Å². The van der Waals surface area contributed by atoms with Gasteiger partial charge in [-0.25, -0.2) is 0 Å². The Balaban J connectivity index is 1.84. The van der Waals surface area contributed by atoms with E-state index < -0.39 is 0 Å². The summed E-state index contributed by atoms with van der Waals surface area (Å²) in [4.78, 5) is 9.29. The quantitative estimate of drug-likeness (QED) is 0.601. The van der Waals surface area contributed by atoms with Crippen molar-refractivity contribution in [3.63, 3.8) is 0 Å². The molecule has 1 aromatic carbocycles. The number of hydrogen-bond acceptors (Lipinski definition) is 3. The minimum Gasteiger partial charge on any atom is -0.391 e. The van der Waals surface area contributed by atoms with Crippen LogP contribution in [0, 0.1) is 0 Å². The van der Waals surface area contributed by atoms with Gasteiger partial charge in [0, 0.05) is 12.4 Å². The van der Waals surface area contributed by atoms with E-state index in [9.17, 15) is 0 Å². The predicted molar refractivity (Wildman–Crippen MR) is 77.6 cm³/mol. The molecule has 3 nitrogen and oxygen atoms in total. The molecule has 0 atom stereocenters. The number of hydrogen-bond donors (Lipinski definition) is 0. The summed E-state index contributed by atoms with van der Waals surface area (Å²) in [6, 6.07) is 13.9. The zero-order valence-electron chi connectivity index (χ0n) is 10.9. The summed E-state index contributed by atoms with van der Waals surface area (Å²) < 4.78 is 0. The summed E-state index contributed by atoms with van der Waals surface area (Å²) in [6.07, 6.45) is 7.27. The fraction of sp³-hybridized carbons (Fsp3) is 0.125. The molecule has 96 valence electrons. The van der Waals surface area contributed by atoms with Crippen LogP contribution in [-0.2, 0) is 11.4 Å². The topological polar surface area (TPSA) is 34.5 Å². The summed E-state index contributed by atoms with van der Waals surface area (Å²) in [5.74, 6) is 0.